The maximum atomic E-state index is 15.0. The molecule has 0 radical (unpaired) electrons. The lowest BCUT2D eigenvalue weighted by Gasteiger charge is -2.34. The molecule has 8 nitrogen and oxygen atoms in total. The fraction of sp³-hybridized carbons (Fsp3) is 0.407. The van der Waals surface area contributed by atoms with Gasteiger partial charge in [0, 0.05) is 11.6 Å². The minimum absolute atomic E-state index is 0.0445. The van der Waals surface area contributed by atoms with E-state index >= 15 is 0 Å². The summed E-state index contributed by atoms with van der Waals surface area (Å²) < 4.78 is 35.3. The number of nitrogens with one attached hydrogen (secondary N) is 1. The van der Waals surface area contributed by atoms with Crippen LogP contribution in [0.1, 0.15) is 43.9 Å². The number of likely N-dealkylation sites (tertiary alicyclic amines) is 1. The van der Waals surface area contributed by atoms with Gasteiger partial charge in [-0.1, -0.05) is 6.07 Å². The van der Waals surface area contributed by atoms with E-state index in [1.54, 1.807) is 12.1 Å². The van der Waals surface area contributed by atoms with Crippen molar-refractivity contribution < 1.29 is 13.5 Å². The third kappa shape index (κ3) is 5.04. The van der Waals surface area contributed by atoms with Gasteiger partial charge in [0.05, 0.1) is 18.4 Å². The number of aromatic nitrogens is 3. The summed E-state index contributed by atoms with van der Waals surface area (Å²) in [6.07, 6.45) is 2.98. The van der Waals surface area contributed by atoms with E-state index in [2.05, 4.69) is 38.3 Å². The third-order valence-electron chi connectivity index (χ3n) is 6.98. The molecule has 0 unspecified atom stereocenters. The molecule has 192 valence electrons. The number of pyridine rings is 1. The lowest BCUT2D eigenvalue weighted by atomic mass is 9.88. The number of ether oxygens (including phenoxy) is 1. The van der Waals surface area contributed by atoms with Gasteiger partial charge in [-0.2, -0.15) is 5.26 Å². The number of nitriles is 1. The Labute approximate surface area is 214 Å². The fourth-order valence-electron chi connectivity index (χ4n) is 5.00. The molecular formula is C27H29F2N7O. The fourth-order valence-corrected chi connectivity index (χ4v) is 5.00. The van der Waals surface area contributed by atoms with Crippen molar-refractivity contribution in [3.05, 3.63) is 53.4 Å². The van der Waals surface area contributed by atoms with Gasteiger partial charge in [-0.15, -0.1) is 0 Å². The van der Waals surface area contributed by atoms with Crippen LogP contribution in [0.4, 0.5) is 26.2 Å². The van der Waals surface area contributed by atoms with Crippen molar-refractivity contribution in [3.8, 4) is 23.1 Å². The summed E-state index contributed by atoms with van der Waals surface area (Å²) in [7, 11) is 2.09. The van der Waals surface area contributed by atoms with Crippen molar-refractivity contribution in [2.24, 2.45) is 0 Å². The molecule has 1 aromatic carbocycles. The standard InChI is InChI=1S/C27H29F2N7O/c1-16(2)36-10-11-37-26-20(28)12-18(13-23(26)36)25-21(29)15-31-27(34-25)33-24-5-4-19(22(14-30)32-24)17-6-8-35(3)9-7-17/h4-5,12-13,15-17H,6-11H2,1-3H3,(H,31,32,33,34). The Kier molecular flexibility index (Phi) is 6.89. The zero-order valence-electron chi connectivity index (χ0n) is 21.1. The smallest absolute Gasteiger partial charge is 0.229 e. The molecule has 37 heavy (non-hydrogen) atoms. The first kappa shape index (κ1) is 24.8. The molecule has 1 saturated heterocycles. The highest BCUT2D eigenvalue weighted by Crippen LogP contribution is 2.39. The van der Waals surface area contributed by atoms with E-state index in [0.717, 1.165) is 37.7 Å². The molecule has 5 rings (SSSR count). The second kappa shape index (κ2) is 10.3. The van der Waals surface area contributed by atoms with Crippen molar-refractivity contribution in [1.29, 1.82) is 5.26 Å². The molecule has 0 amide bonds. The average molecular weight is 506 g/mol. The molecule has 2 aromatic heterocycles. The highest BCUT2D eigenvalue weighted by molar-refractivity contribution is 5.73. The number of piperidine rings is 1. The third-order valence-corrected chi connectivity index (χ3v) is 6.98. The normalized spacial score (nSPS) is 16.3. The SMILES string of the molecule is CC(C)N1CCOc2c(F)cc(-c3nc(Nc4ccc(C5CCN(C)CC5)c(C#N)n4)ncc3F)cc21. The molecule has 2 aliphatic heterocycles. The van der Waals surface area contributed by atoms with E-state index in [0.29, 0.717) is 30.4 Å². The summed E-state index contributed by atoms with van der Waals surface area (Å²) in [4.78, 5) is 17.1. The summed E-state index contributed by atoms with van der Waals surface area (Å²) >= 11 is 0. The van der Waals surface area contributed by atoms with Crippen LogP contribution in [0.15, 0.2) is 30.5 Å². The molecule has 1 fully saturated rings. The van der Waals surface area contributed by atoms with Crippen LogP contribution < -0.4 is 15.0 Å². The predicted octanol–water partition coefficient (Wildman–Crippen LogP) is 4.85. The van der Waals surface area contributed by atoms with E-state index in [-0.39, 0.29) is 34.9 Å². The van der Waals surface area contributed by atoms with Gasteiger partial charge in [-0.05, 0) is 76.5 Å². The van der Waals surface area contributed by atoms with E-state index in [1.807, 2.05) is 24.8 Å². The number of anilines is 3. The number of fused-ring (bicyclic) bond motifs is 1. The Morgan fingerprint density at radius 2 is 1.89 bits per heavy atom. The molecule has 3 aromatic rings. The summed E-state index contributed by atoms with van der Waals surface area (Å²) in [6.45, 7) is 6.96. The molecular weight excluding hydrogens is 476 g/mol. The van der Waals surface area contributed by atoms with E-state index in [4.69, 9.17) is 4.74 Å². The molecule has 2 aliphatic rings. The van der Waals surface area contributed by atoms with Gasteiger partial charge < -0.3 is 19.9 Å². The van der Waals surface area contributed by atoms with E-state index in [9.17, 15) is 14.0 Å². The van der Waals surface area contributed by atoms with Crippen LogP contribution in [0.25, 0.3) is 11.3 Å². The first-order chi connectivity index (χ1) is 17.8. The second-order valence-corrected chi connectivity index (χ2v) is 9.78. The van der Waals surface area contributed by atoms with Gasteiger partial charge in [-0.25, -0.2) is 23.7 Å². The maximum absolute atomic E-state index is 15.0. The first-order valence-corrected chi connectivity index (χ1v) is 12.5. The topological polar surface area (TPSA) is 90.2 Å². The Morgan fingerprint density at radius 3 is 2.62 bits per heavy atom. The van der Waals surface area contributed by atoms with Gasteiger partial charge >= 0.3 is 0 Å². The lowest BCUT2D eigenvalue weighted by Crippen LogP contribution is -2.38. The summed E-state index contributed by atoms with van der Waals surface area (Å²) in [5, 5.41) is 12.7. The quantitative estimate of drug-likeness (QED) is 0.527. The van der Waals surface area contributed by atoms with Crippen LogP contribution in [-0.4, -0.2) is 59.2 Å². The number of nitrogens with zero attached hydrogens (tertiary/aromatic N) is 6. The van der Waals surface area contributed by atoms with Crippen molar-refractivity contribution >= 4 is 17.5 Å². The van der Waals surface area contributed by atoms with Crippen LogP contribution in [-0.2, 0) is 0 Å². The molecule has 0 saturated carbocycles. The minimum Gasteiger partial charge on any atom is -0.486 e. The van der Waals surface area contributed by atoms with Gasteiger partial charge in [0.15, 0.2) is 17.4 Å². The summed E-state index contributed by atoms with van der Waals surface area (Å²) in [5.41, 5.74) is 2.08. The van der Waals surface area contributed by atoms with Crippen LogP contribution in [0.5, 0.6) is 5.75 Å². The molecule has 0 aliphatic carbocycles. The first-order valence-electron chi connectivity index (χ1n) is 12.5. The summed E-state index contributed by atoms with van der Waals surface area (Å²) in [6, 6.07) is 8.91. The Bertz CT molecular complexity index is 1350. The molecule has 4 heterocycles. The molecule has 0 spiro atoms. The lowest BCUT2D eigenvalue weighted by molar-refractivity contribution is 0.255. The van der Waals surface area contributed by atoms with E-state index < -0.39 is 11.6 Å². The van der Waals surface area contributed by atoms with Crippen molar-refractivity contribution in [3.63, 3.8) is 0 Å². The van der Waals surface area contributed by atoms with Crippen molar-refractivity contribution in [2.75, 3.05) is 43.5 Å². The van der Waals surface area contributed by atoms with Gasteiger partial charge in [0.25, 0.3) is 0 Å². The van der Waals surface area contributed by atoms with Crippen LogP contribution in [0.2, 0.25) is 0 Å². The summed E-state index contributed by atoms with van der Waals surface area (Å²) in [5.74, 6) is -0.336. The monoisotopic (exact) mass is 505 g/mol. The van der Waals surface area contributed by atoms with Crippen molar-refractivity contribution in [2.45, 2.75) is 38.6 Å². The Hall–Kier alpha value is -3.84. The Morgan fingerprint density at radius 1 is 1.11 bits per heavy atom. The number of hydrogen-bond acceptors (Lipinski definition) is 8. The highest BCUT2D eigenvalue weighted by Gasteiger charge is 2.26. The number of halogens is 2. The minimum atomic E-state index is -0.680. The van der Waals surface area contributed by atoms with Gasteiger partial charge in [-0.3, -0.25) is 0 Å². The van der Waals surface area contributed by atoms with Crippen LogP contribution in [0.3, 0.4) is 0 Å². The van der Waals surface area contributed by atoms with Gasteiger partial charge in [0.1, 0.15) is 29.9 Å². The average Bonchev–Trinajstić information content (AvgIpc) is 2.90. The second-order valence-electron chi connectivity index (χ2n) is 9.78. The molecule has 1 N–H and O–H groups in total. The zero-order chi connectivity index (χ0) is 26.1. The number of rotatable bonds is 5. The van der Waals surface area contributed by atoms with Crippen molar-refractivity contribution in [1.82, 2.24) is 19.9 Å². The molecule has 10 heteroatoms. The van der Waals surface area contributed by atoms with Crippen LogP contribution >= 0.6 is 0 Å². The number of benzene rings is 1. The largest absolute Gasteiger partial charge is 0.486 e. The van der Waals surface area contributed by atoms with Crippen LogP contribution in [0, 0.1) is 23.0 Å². The predicted molar refractivity (Wildman–Crippen MR) is 137 cm³/mol. The zero-order valence-corrected chi connectivity index (χ0v) is 21.1. The van der Waals surface area contributed by atoms with Gasteiger partial charge in [0.2, 0.25) is 5.95 Å². The maximum Gasteiger partial charge on any atom is 0.229 e. The number of hydrogen-bond donors (Lipinski definition) is 1. The highest BCUT2D eigenvalue weighted by atomic mass is 19.1. The molecule has 0 bridgehead atoms. The Balaban J connectivity index is 1.44. The van der Waals surface area contributed by atoms with E-state index in [1.165, 1.54) is 6.07 Å². The molecule has 0 atom stereocenters.